The van der Waals surface area contributed by atoms with Gasteiger partial charge >= 0.3 is 0 Å². The third-order valence-corrected chi connectivity index (χ3v) is 2.32. The number of nitrogens with zero attached hydrogens (tertiary/aromatic N) is 2. The van der Waals surface area contributed by atoms with Crippen molar-refractivity contribution in [3.05, 3.63) is 41.6 Å². The molecule has 0 heterocycles. The fourth-order valence-corrected chi connectivity index (χ4v) is 1.24. The molecule has 0 aromatic heterocycles. The lowest BCUT2D eigenvalue weighted by atomic mass is 10.2. The second-order valence-corrected chi connectivity index (χ2v) is 4.85. The smallest absolute Gasteiger partial charge is 0.0857 e. The van der Waals surface area contributed by atoms with E-state index in [2.05, 4.69) is 42.8 Å². The van der Waals surface area contributed by atoms with E-state index in [9.17, 15) is 0 Å². The Kier molecular flexibility index (Phi) is 5.26. The summed E-state index contributed by atoms with van der Waals surface area (Å²) in [7, 11) is 0. The molecule has 1 aromatic rings. The molecule has 1 unspecified atom stereocenters. The highest BCUT2D eigenvalue weighted by Crippen LogP contribution is 2.14. The molecule has 1 aromatic carbocycles. The maximum absolute atomic E-state index is 4.31. The fraction of sp³-hybridized carbons (Fsp3) is 0.385. The molecule has 0 aliphatic heterocycles. The zero-order valence-corrected chi connectivity index (χ0v) is 10.9. The van der Waals surface area contributed by atoms with E-state index in [1.165, 1.54) is 5.56 Å². The van der Waals surface area contributed by atoms with Gasteiger partial charge in [0.1, 0.15) is 0 Å². The van der Waals surface area contributed by atoms with E-state index in [-0.39, 0.29) is 0 Å². The van der Waals surface area contributed by atoms with Crippen LogP contribution in [0.1, 0.15) is 25.8 Å². The van der Waals surface area contributed by atoms with Crippen molar-refractivity contribution in [3.63, 3.8) is 0 Å². The fourth-order valence-electron chi connectivity index (χ4n) is 1.13. The summed E-state index contributed by atoms with van der Waals surface area (Å²) in [5.41, 5.74) is 3.05. The van der Waals surface area contributed by atoms with E-state index in [0.717, 1.165) is 17.8 Å². The van der Waals surface area contributed by atoms with E-state index in [1.807, 2.05) is 31.2 Å². The van der Waals surface area contributed by atoms with Gasteiger partial charge in [-0.05, 0) is 32.4 Å². The SMILES string of the molecule is C/C(=C\CC(C)S)N=Nc1ccc(C)cc1. The van der Waals surface area contributed by atoms with Gasteiger partial charge in [-0.25, -0.2) is 0 Å². The normalized spacial score (nSPS) is 14.4. The van der Waals surface area contributed by atoms with E-state index in [1.54, 1.807) is 0 Å². The Bertz CT molecular complexity index is 377. The zero-order chi connectivity index (χ0) is 12.0. The highest BCUT2D eigenvalue weighted by Gasteiger charge is 1.92. The van der Waals surface area contributed by atoms with Crippen molar-refractivity contribution in [2.24, 2.45) is 10.2 Å². The summed E-state index contributed by atoms with van der Waals surface area (Å²) in [4.78, 5) is 0. The van der Waals surface area contributed by atoms with E-state index < -0.39 is 0 Å². The van der Waals surface area contributed by atoms with Gasteiger partial charge in [-0.2, -0.15) is 22.9 Å². The van der Waals surface area contributed by atoms with Gasteiger partial charge in [0.05, 0.1) is 11.4 Å². The van der Waals surface area contributed by atoms with Crippen molar-refractivity contribution >= 4 is 18.3 Å². The first-order valence-electron chi connectivity index (χ1n) is 5.41. The Morgan fingerprint density at radius 2 is 2.00 bits per heavy atom. The minimum atomic E-state index is 0.365. The Labute approximate surface area is 103 Å². The highest BCUT2D eigenvalue weighted by molar-refractivity contribution is 7.80. The van der Waals surface area contributed by atoms with Gasteiger partial charge in [0.2, 0.25) is 0 Å². The molecule has 0 aliphatic rings. The summed E-state index contributed by atoms with van der Waals surface area (Å²) >= 11 is 4.31. The summed E-state index contributed by atoms with van der Waals surface area (Å²) in [5.74, 6) is 0. The Balaban J connectivity index is 2.59. The second-order valence-electron chi connectivity index (χ2n) is 3.97. The molecule has 0 fully saturated rings. The van der Waals surface area contributed by atoms with Crippen LogP contribution in [0.4, 0.5) is 5.69 Å². The van der Waals surface area contributed by atoms with Gasteiger partial charge < -0.3 is 0 Å². The molecule has 1 atom stereocenters. The van der Waals surface area contributed by atoms with Crippen LogP contribution in [0.25, 0.3) is 0 Å². The molecule has 0 amide bonds. The molecule has 16 heavy (non-hydrogen) atoms. The van der Waals surface area contributed by atoms with E-state index in [4.69, 9.17) is 0 Å². The number of aryl methyl sites for hydroxylation is 1. The summed E-state index contributed by atoms with van der Waals surface area (Å²) < 4.78 is 0. The molecule has 3 heteroatoms. The lowest BCUT2D eigenvalue weighted by Gasteiger charge is -1.97. The summed E-state index contributed by atoms with van der Waals surface area (Å²) in [5, 5.41) is 8.67. The standard InChI is InChI=1S/C13H18N2S/c1-10-4-8-13(9-5-10)15-14-11(2)6-7-12(3)16/h4-6,8-9,12,16H,7H2,1-3H3/b11-6+,15-14?. The summed E-state index contributed by atoms with van der Waals surface area (Å²) in [6, 6.07) is 7.99. The van der Waals surface area contributed by atoms with Crippen LogP contribution >= 0.6 is 12.6 Å². The average Bonchev–Trinajstić information content (AvgIpc) is 2.25. The van der Waals surface area contributed by atoms with Crippen molar-refractivity contribution in [2.75, 3.05) is 0 Å². The van der Waals surface area contributed by atoms with Gasteiger partial charge in [-0.15, -0.1) is 0 Å². The third-order valence-electron chi connectivity index (χ3n) is 2.11. The Morgan fingerprint density at radius 1 is 1.38 bits per heavy atom. The van der Waals surface area contributed by atoms with Crippen LogP contribution in [0, 0.1) is 6.92 Å². The number of allylic oxidation sites excluding steroid dienone is 2. The number of azo groups is 1. The first-order chi connectivity index (χ1) is 7.58. The molecule has 0 N–H and O–H groups in total. The minimum Gasteiger partial charge on any atom is -0.176 e. The zero-order valence-electron chi connectivity index (χ0n) is 10.0. The Hall–Kier alpha value is -1.09. The van der Waals surface area contributed by atoms with Crippen LogP contribution in [0.5, 0.6) is 0 Å². The van der Waals surface area contributed by atoms with Crippen molar-refractivity contribution in [3.8, 4) is 0 Å². The number of thiol groups is 1. The van der Waals surface area contributed by atoms with Crippen molar-refractivity contribution in [1.82, 2.24) is 0 Å². The van der Waals surface area contributed by atoms with Crippen LogP contribution in [-0.2, 0) is 0 Å². The lowest BCUT2D eigenvalue weighted by molar-refractivity contribution is 0.965. The van der Waals surface area contributed by atoms with Crippen molar-refractivity contribution in [2.45, 2.75) is 32.4 Å². The molecule has 0 radical (unpaired) electrons. The molecule has 86 valence electrons. The van der Waals surface area contributed by atoms with Crippen LogP contribution in [0.3, 0.4) is 0 Å². The third kappa shape index (κ3) is 5.12. The molecule has 0 spiro atoms. The molecule has 2 nitrogen and oxygen atoms in total. The maximum atomic E-state index is 4.31. The highest BCUT2D eigenvalue weighted by atomic mass is 32.1. The number of hydrogen-bond acceptors (Lipinski definition) is 3. The molecule has 0 aliphatic carbocycles. The van der Waals surface area contributed by atoms with Gasteiger partial charge in [0.25, 0.3) is 0 Å². The van der Waals surface area contributed by atoms with E-state index >= 15 is 0 Å². The molecule has 0 saturated carbocycles. The van der Waals surface area contributed by atoms with Gasteiger partial charge in [0.15, 0.2) is 0 Å². The molecular formula is C13H18N2S. The Morgan fingerprint density at radius 3 is 2.56 bits per heavy atom. The first-order valence-corrected chi connectivity index (χ1v) is 5.93. The van der Waals surface area contributed by atoms with Crippen LogP contribution < -0.4 is 0 Å². The largest absolute Gasteiger partial charge is 0.176 e. The predicted octanol–water partition coefficient (Wildman–Crippen LogP) is 4.69. The lowest BCUT2D eigenvalue weighted by Crippen LogP contribution is -1.86. The quantitative estimate of drug-likeness (QED) is 0.577. The van der Waals surface area contributed by atoms with Gasteiger partial charge in [-0.3, -0.25) is 0 Å². The van der Waals surface area contributed by atoms with Crippen molar-refractivity contribution in [1.29, 1.82) is 0 Å². The average molecular weight is 234 g/mol. The monoisotopic (exact) mass is 234 g/mol. The van der Waals surface area contributed by atoms with Crippen LogP contribution in [0.2, 0.25) is 0 Å². The molecular weight excluding hydrogens is 216 g/mol. The number of hydrogen-bond donors (Lipinski definition) is 1. The molecule has 1 rings (SSSR count). The first kappa shape index (κ1) is 13.0. The number of rotatable bonds is 4. The van der Waals surface area contributed by atoms with Gasteiger partial charge in [-0.1, -0.05) is 30.7 Å². The van der Waals surface area contributed by atoms with Crippen LogP contribution in [-0.4, -0.2) is 5.25 Å². The topological polar surface area (TPSA) is 24.7 Å². The van der Waals surface area contributed by atoms with Crippen LogP contribution in [0.15, 0.2) is 46.3 Å². The molecule has 0 saturated heterocycles. The number of benzene rings is 1. The molecule has 0 bridgehead atoms. The maximum Gasteiger partial charge on any atom is 0.0857 e. The van der Waals surface area contributed by atoms with E-state index in [0.29, 0.717) is 5.25 Å². The summed E-state index contributed by atoms with van der Waals surface area (Å²) in [6.45, 7) is 6.07. The van der Waals surface area contributed by atoms with Gasteiger partial charge in [0, 0.05) is 5.25 Å². The minimum absolute atomic E-state index is 0.365. The predicted molar refractivity (Wildman–Crippen MR) is 72.5 cm³/mol. The summed E-state index contributed by atoms with van der Waals surface area (Å²) in [6.07, 6.45) is 2.97. The second kappa shape index (κ2) is 6.48. The van der Waals surface area contributed by atoms with Crippen molar-refractivity contribution < 1.29 is 0 Å².